The molecular weight excluding hydrogens is 204 g/mol. The van der Waals surface area contributed by atoms with E-state index in [1.54, 1.807) is 0 Å². The highest BCUT2D eigenvalue weighted by Crippen LogP contribution is 2.03. The van der Waals surface area contributed by atoms with E-state index >= 15 is 0 Å². The van der Waals surface area contributed by atoms with Gasteiger partial charge >= 0.3 is 0 Å². The van der Waals surface area contributed by atoms with Gasteiger partial charge in [-0.3, -0.25) is 9.69 Å². The maximum atomic E-state index is 11.5. The molecule has 16 heavy (non-hydrogen) atoms. The second-order valence-corrected chi connectivity index (χ2v) is 4.41. The number of rotatable bonds is 8. The monoisotopic (exact) mass is 230 g/mol. The zero-order valence-corrected chi connectivity index (χ0v) is 11.0. The standard InChI is InChI=1S/C12H26N2O2/c1-5-14(6-2)9-12(16)13-8-7-11(15)10(3)4/h10-11,15H,5-9H2,1-4H3,(H,13,16). The summed E-state index contributed by atoms with van der Waals surface area (Å²) in [5.41, 5.74) is 0. The summed E-state index contributed by atoms with van der Waals surface area (Å²) in [4.78, 5) is 13.6. The van der Waals surface area contributed by atoms with E-state index in [1.165, 1.54) is 0 Å². The quantitative estimate of drug-likeness (QED) is 0.650. The maximum Gasteiger partial charge on any atom is 0.234 e. The Labute approximate surface area is 99.0 Å². The minimum atomic E-state index is -0.325. The predicted octanol–water partition coefficient (Wildman–Crippen LogP) is 0.851. The molecule has 0 radical (unpaired) electrons. The number of carbonyl (C=O) groups is 1. The maximum absolute atomic E-state index is 11.5. The van der Waals surface area contributed by atoms with Crippen LogP contribution in [0.5, 0.6) is 0 Å². The zero-order valence-electron chi connectivity index (χ0n) is 11.0. The molecule has 96 valence electrons. The summed E-state index contributed by atoms with van der Waals surface area (Å²) in [5.74, 6) is 0.291. The van der Waals surface area contributed by atoms with Gasteiger partial charge in [0.25, 0.3) is 0 Å². The van der Waals surface area contributed by atoms with Crippen molar-refractivity contribution in [1.82, 2.24) is 10.2 Å². The van der Waals surface area contributed by atoms with Gasteiger partial charge in [-0.15, -0.1) is 0 Å². The van der Waals surface area contributed by atoms with Gasteiger partial charge in [-0.2, -0.15) is 0 Å². The van der Waals surface area contributed by atoms with Crippen molar-refractivity contribution >= 4 is 5.91 Å². The van der Waals surface area contributed by atoms with E-state index in [4.69, 9.17) is 0 Å². The summed E-state index contributed by atoms with van der Waals surface area (Å²) < 4.78 is 0. The predicted molar refractivity (Wildman–Crippen MR) is 66.3 cm³/mol. The molecule has 0 saturated heterocycles. The second kappa shape index (κ2) is 8.53. The molecule has 0 heterocycles. The summed E-state index contributed by atoms with van der Waals surface area (Å²) in [5, 5.41) is 12.4. The molecule has 0 spiro atoms. The van der Waals surface area contributed by atoms with E-state index < -0.39 is 0 Å². The van der Waals surface area contributed by atoms with E-state index in [0.29, 0.717) is 19.5 Å². The first-order valence-corrected chi connectivity index (χ1v) is 6.18. The number of aliphatic hydroxyl groups excluding tert-OH is 1. The molecule has 0 aliphatic heterocycles. The fourth-order valence-corrected chi connectivity index (χ4v) is 1.40. The number of hydrogen-bond donors (Lipinski definition) is 2. The Morgan fingerprint density at radius 2 is 1.88 bits per heavy atom. The smallest absolute Gasteiger partial charge is 0.234 e. The fourth-order valence-electron chi connectivity index (χ4n) is 1.40. The van der Waals surface area contributed by atoms with Gasteiger partial charge in [0.15, 0.2) is 0 Å². The van der Waals surface area contributed by atoms with E-state index in [-0.39, 0.29) is 17.9 Å². The highest BCUT2D eigenvalue weighted by Gasteiger charge is 2.10. The van der Waals surface area contributed by atoms with Gasteiger partial charge in [-0.05, 0) is 25.4 Å². The molecule has 1 amide bonds. The number of nitrogens with one attached hydrogen (secondary N) is 1. The van der Waals surface area contributed by atoms with E-state index in [0.717, 1.165) is 13.1 Å². The summed E-state index contributed by atoms with van der Waals surface area (Å²) in [6.07, 6.45) is 0.301. The number of amides is 1. The second-order valence-electron chi connectivity index (χ2n) is 4.41. The van der Waals surface area contributed by atoms with Crippen molar-refractivity contribution in [2.24, 2.45) is 5.92 Å². The average Bonchev–Trinajstić information content (AvgIpc) is 2.25. The van der Waals surface area contributed by atoms with Crippen LogP contribution in [-0.2, 0) is 4.79 Å². The van der Waals surface area contributed by atoms with Crippen molar-refractivity contribution in [3.05, 3.63) is 0 Å². The minimum absolute atomic E-state index is 0.0413. The molecule has 0 aromatic carbocycles. The molecular formula is C12H26N2O2. The summed E-state index contributed by atoms with van der Waals surface area (Å²) in [7, 11) is 0. The molecule has 0 rings (SSSR count). The van der Waals surface area contributed by atoms with E-state index in [2.05, 4.69) is 10.2 Å². The molecule has 0 aliphatic rings. The van der Waals surface area contributed by atoms with Gasteiger partial charge < -0.3 is 10.4 Å². The number of nitrogens with zero attached hydrogens (tertiary/aromatic N) is 1. The average molecular weight is 230 g/mol. The Balaban J connectivity index is 3.65. The van der Waals surface area contributed by atoms with Crippen LogP contribution in [0.25, 0.3) is 0 Å². The first-order valence-electron chi connectivity index (χ1n) is 6.18. The van der Waals surface area contributed by atoms with Crippen molar-refractivity contribution in [3.8, 4) is 0 Å². The molecule has 0 bridgehead atoms. The van der Waals surface area contributed by atoms with Crippen molar-refractivity contribution in [2.75, 3.05) is 26.2 Å². The van der Waals surface area contributed by atoms with Crippen LogP contribution in [-0.4, -0.2) is 48.2 Å². The molecule has 2 N–H and O–H groups in total. The summed E-state index contributed by atoms with van der Waals surface area (Å²) in [6, 6.07) is 0. The van der Waals surface area contributed by atoms with E-state index in [1.807, 2.05) is 27.7 Å². The highest BCUT2D eigenvalue weighted by molar-refractivity contribution is 5.77. The number of likely N-dealkylation sites (N-methyl/N-ethyl adjacent to an activating group) is 1. The van der Waals surface area contributed by atoms with Crippen molar-refractivity contribution in [1.29, 1.82) is 0 Å². The van der Waals surface area contributed by atoms with Gasteiger partial charge in [0, 0.05) is 6.54 Å². The van der Waals surface area contributed by atoms with Crippen LogP contribution >= 0.6 is 0 Å². The van der Waals surface area contributed by atoms with Crippen LogP contribution in [0, 0.1) is 5.92 Å². The van der Waals surface area contributed by atoms with Gasteiger partial charge in [-0.25, -0.2) is 0 Å². The highest BCUT2D eigenvalue weighted by atomic mass is 16.3. The van der Waals surface area contributed by atoms with Gasteiger partial charge in [0.1, 0.15) is 0 Å². The lowest BCUT2D eigenvalue weighted by atomic mass is 10.0. The molecule has 0 saturated carbocycles. The third kappa shape index (κ3) is 6.80. The lowest BCUT2D eigenvalue weighted by molar-refractivity contribution is -0.122. The van der Waals surface area contributed by atoms with Crippen molar-refractivity contribution in [2.45, 2.75) is 40.2 Å². The first kappa shape index (κ1) is 15.4. The number of aliphatic hydroxyl groups is 1. The zero-order chi connectivity index (χ0) is 12.6. The molecule has 4 nitrogen and oxygen atoms in total. The SMILES string of the molecule is CCN(CC)CC(=O)NCCC(O)C(C)C. The van der Waals surface area contributed by atoms with Crippen LogP contribution in [0.15, 0.2) is 0 Å². The molecule has 4 heteroatoms. The molecule has 0 fully saturated rings. The molecule has 0 aromatic heterocycles. The van der Waals surface area contributed by atoms with Crippen molar-refractivity contribution in [3.63, 3.8) is 0 Å². The topological polar surface area (TPSA) is 52.6 Å². The lowest BCUT2D eigenvalue weighted by Gasteiger charge is -2.18. The normalized spacial score (nSPS) is 13.2. The van der Waals surface area contributed by atoms with Gasteiger partial charge in [0.2, 0.25) is 5.91 Å². The molecule has 0 aromatic rings. The summed E-state index contributed by atoms with van der Waals surface area (Å²) >= 11 is 0. The Kier molecular flexibility index (Phi) is 8.21. The molecule has 1 unspecified atom stereocenters. The number of hydrogen-bond acceptors (Lipinski definition) is 3. The van der Waals surface area contributed by atoms with Crippen LogP contribution in [0.1, 0.15) is 34.1 Å². The van der Waals surface area contributed by atoms with Crippen LogP contribution in [0.4, 0.5) is 0 Å². The Morgan fingerprint density at radius 1 is 1.31 bits per heavy atom. The third-order valence-electron chi connectivity index (χ3n) is 2.79. The Morgan fingerprint density at radius 3 is 2.31 bits per heavy atom. The van der Waals surface area contributed by atoms with Crippen LogP contribution in [0.3, 0.4) is 0 Å². The molecule has 0 aliphatic carbocycles. The Hall–Kier alpha value is -0.610. The fraction of sp³-hybridized carbons (Fsp3) is 0.917. The van der Waals surface area contributed by atoms with E-state index in [9.17, 15) is 9.90 Å². The number of carbonyl (C=O) groups excluding carboxylic acids is 1. The van der Waals surface area contributed by atoms with Crippen molar-refractivity contribution < 1.29 is 9.90 Å². The Bertz CT molecular complexity index is 191. The lowest BCUT2D eigenvalue weighted by Crippen LogP contribution is -2.38. The molecule has 1 atom stereocenters. The largest absolute Gasteiger partial charge is 0.393 e. The first-order chi connectivity index (χ1) is 7.51. The summed E-state index contributed by atoms with van der Waals surface area (Å²) in [6.45, 7) is 10.8. The van der Waals surface area contributed by atoms with Crippen LogP contribution < -0.4 is 5.32 Å². The van der Waals surface area contributed by atoms with Gasteiger partial charge in [-0.1, -0.05) is 27.7 Å². The van der Waals surface area contributed by atoms with Gasteiger partial charge in [0.05, 0.1) is 12.6 Å². The minimum Gasteiger partial charge on any atom is -0.393 e. The third-order valence-corrected chi connectivity index (χ3v) is 2.79. The van der Waals surface area contributed by atoms with Crippen LogP contribution in [0.2, 0.25) is 0 Å².